The Kier molecular flexibility index (Phi) is 6.52. The maximum Gasteiger partial charge on any atom is 0.242 e. The third-order valence-electron chi connectivity index (χ3n) is 6.16. The molecule has 9 nitrogen and oxygen atoms in total. The Morgan fingerprint density at radius 2 is 1.69 bits per heavy atom. The van der Waals surface area contributed by atoms with E-state index in [0.29, 0.717) is 12.1 Å². The van der Waals surface area contributed by atoms with Gasteiger partial charge in [-0.1, -0.05) is 36.4 Å². The van der Waals surface area contributed by atoms with E-state index in [1.807, 2.05) is 47.3 Å². The molecular formula is C25H29N7O2S. The number of rotatable bonds is 7. The van der Waals surface area contributed by atoms with Crippen molar-refractivity contribution in [1.29, 1.82) is 0 Å². The standard InChI is InChI=1S/C25H29N7O2S/c1-29(2)35(33,34)24-11-7-6-8-20(24)19-31-23-16-25(27-17-21(23)18-28-31)32(22-9-4-3-5-10-22)30-14-12-26-13-15-30/h3-11,16-18,26H,12-15,19H2,1-2H3. The van der Waals surface area contributed by atoms with Crippen LogP contribution < -0.4 is 10.3 Å². The van der Waals surface area contributed by atoms with Crippen molar-refractivity contribution in [3.8, 4) is 0 Å². The van der Waals surface area contributed by atoms with Crippen LogP contribution in [-0.2, 0) is 16.6 Å². The predicted octanol–water partition coefficient (Wildman–Crippen LogP) is 2.69. The smallest absolute Gasteiger partial charge is 0.242 e. The van der Waals surface area contributed by atoms with Gasteiger partial charge in [-0.2, -0.15) is 5.10 Å². The quantitative estimate of drug-likeness (QED) is 0.425. The number of para-hydroxylation sites is 1. The first-order chi connectivity index (χ1) is 16.9. The zero-order valence-corrected chi connectivity index (χ0v) is 20.7. The molecule has 0 saturated carbocycles. The third-order valence-corrected chi connectivity index (χ3v) is 8.07. The van der Waals surface area contributed by atoms with Gasteiger partial charge in [-0.15, -0.1) is 0 Å². The van der Waals surface area contributed by atoms with Gasteiger partial charge in [-0.3, -0.25) is 9.69 Å². The van der Waals surface area contributed by atoms with E-state index in [4.69, 9.17) is 4.98 Å². The number of sulfonamides is 1. The van der Waals surface area contributed by atoms with Crippen LogP contribution in [0, 0.1) is 0 Å². The summed E-state index contributed by atoms with van der Waals surface area (Å²) in [5.74, 6) is 0.793. The molecule has 0 atom stereocenters. The van der Waals surface area contributed by atoms with E-state index in [0.717, 1.165) is 48.6 Å². The summed E-state index contributed by atoms with van der Waals surface area (Å²) in [7, 11) is -0.490. The molecular weight excluding hydrogens is 462 g/mol. The highest BCUT2D eigenvalue weighted by molar-refractivity contribution is 7.89. The number of hydrogen-bond acceptors (Lipinski definition) is 7. The fourth-order valence-corrected chi connectivity index (χ4v) is 5.42. The molecule has 35 heavy (non-hydrogen) atoms. The van der Waals surface area contributed by atoms with Crippen LogP contribution in [-0.4, -0.2) is 72.8 Å². The number of nitrogens with zero attached hydrogens (tertiary/aromatic N) is 6. The van der Waals surface area contributed by atoms with Gasteiger partial charge in [0.15, 0.2) is 0 Å². The van der Waals surface area contributed by atoms with Gasteiger partial charge in [0.2, 0.25) is 10.0 Å². The maximum absolute atomic E-state index is 12.9. The van der Waals surface area contributed by atoms with Crippen molar-refractivity contribution >= 4 is 32.4 Å². The average molecular weight is 492 g/mol. The SMILES string of the molecule is CN(C)S(=O)(=O)c1ccccc1Cn1ncc2cnc(N(c3ccccc3)N3CCNCC3)cc21. The molecule has 3 heterocycles. The van der Waals surface area contributed by atoms with Crippen LogP contribution in [0.15, 0.2) is 78.0 Å². The Morgan fingerprint density at radius 3 is 2.43 bits per heavy atom. The lowest BCUT2D eigenvalue weighted by atomic mass is 10.2. The van der Waals surface area contributed by atoms with Crippen LogP contribution in [0.25, 0.3) is 10.9 Å². The summed E-state index contributed by atoms with van der Waals surface area (Å²) in [4.78, 5) is 5.05. The summed E-state index contributed by atoms with van der Waals surface area (Å²) in [6, 6.07) is 19.3. The van der Waals surface area contributed by atoms with Crippen LogP contribution in [0.1, 0.15) is 5.56 Å². The zero-order chi connectivity index (χ0) is 24.4. The van der Waals surface area contributed by atoms with Crippen molar-refractivity contribution in [2.24, 2.45) is 0 Å². The van der Waals surface area contributed by atoms with Gasteiger partial charge in [0.05, 0.1) is 28.8 Å². The first-order valence-electron chi connectivity index (χ1n) is 11.6. The van der Waals surface area contributed by atoms with Crippen LogP contribution >= 0.6 is 0 Å². The van der Waals surface area contributed by atoms with Crippen LogP contribution in [0.5, 0.6) is 0 Å². The molecule has 0 amide bonds. The molecule has 4 aromatic rings. The van der Waals surface area contributed by atoms with E-state index >= 15 is 0 Å². The minimum atomic E-state index is -3.58. The van der Waals surface area contributed by atoms with Crippen molar-refractivity contribution < 1.29 is 8.42 Å². The molecule has 2 aromatic carbocycles. The molecule has 0 radical (unpaired) electrons. The number of anilines is 2. The summed E-state index contributed by atoms with van der Waals surface area (Å²) in [5.41, 5.74) is 2.62. The summed E-state index contributed by atoms with van der Waals surface area (Å²) >= 11 is 0. The fourth-order valence-electron chi connectivity index (χ4n) is 4.31. The zero-order valence-electron chi connectivity index (χ0n) is 19.9. The van der Waals surface area contributed by atoms with Crippen molar-refractivity contribution in [2.45, 2.75) is 11.4 Å². The number of fused-ring (bicyclic) bond motifs is 1. The largest absolute Gasteiger partial charge is 0.314 e. The highest BCUT2D eigenvalue weighted by Crippen LogP contribution is 2.29. The van der Waals surface area contributed by atoms with Crippen LogP contribution in [0.4, 0.5) is 11.5 Å². The number of hydrogen-bond donors (Lipinski definition) is 1. The molecule has 182 valence electrons. The predicted molar refractivity (Wildman–Crippen MR) is 137 cm³/mol. The maximum atomic E-state index is 12.9. The first-order valence-corrected chi connectivity index (χ1v) is 13.0. The molecule has 2 aromatic heterocycles. The van der Waals surface area contributed by atoms with E-state index in [9.17, 15) is 8.42 Å². The molecule has 10 heteroatoms. The van der Waals surface area contributed by atoms with Gasteiger partial charge in [0.1, 0.15) is 5.82 Å². The second-order valence-electron chi connectivity index (χ2n) is 8.65. The number of piperazine rings is 1. The normalized spacial score (nSPS) is 15.1. The van der Waals surface area contributed by atoms with Crippen molar-refractivity contribution in [2.75, 3.05) is 45.3 Å². The molecule has 1 N–H and O–H groups in total. The van der Waals surface area contributed by atoms with Crippen LogP contribution in [0.3, 0.4) is 0 Å². The van der Waals surface area contributed by atoms with Gasteiger partial charge < -0.3 is 5.32 Å². The second kappa shape index (κ2) is 9.74. The second-order valence-corrected chi connectivity index (χ2v) is 10.8. The Hall–Kier alpha value is -3.31. The average Bonchev–Trinajstić information content (AvgIpc) is 3.28. The summed E-state index contributed by atoms with van der Waals surface area (Å²) in [6.07, 6.45) is 3.60. The van der Waals surface area contributed by atoms with Gasteiger partial charge >= 0.3 is 0 Å². The van der Waals surface area contributed by atoms with E-state index in [2.05, 4.69) is 32.6 Å². The summed E-state index contributed by atoms with van der Waals surface area (Å²) in [5, 5.41) is 13.3. The van der Waals surface area contributed by atoms with Gasteiger partial charge in [-0.05, 0) is 23.8 Å². The molecule has 0 aliphatic carbocycles. The number of nitrogens with one attached hydrogen (secondary N) is 1. The lowest BCUT2D eigenvalue weighted by Gasteiger charge is -2.38. The molecule has 0 unspecified atom stereocenters. The minimum absolute atomic E-state index is 0.287. The van der Waals surface area contributed by atoms with Crippen molar-refractivity contribution in [1.82, 2.24) is 29.4 Å². The minimum Gasteiger partial charge on any atom is -0.314 e. The molecule has 1 fully saturated rings. The molecule has 0 spiro atoms. The van der Waals surface area contributed by atoms with E-state index in [1.54, 1.807) is 32.4 Å². The molecule has 5 rings (SSSR count). The van der Waals surface area contributed by atoms with Gasteiger partial charge in [0, 0.05) is 57.9 Å². The first kappa shape index (κ1) is 23.4. The van der Waals surface area contributed by atoms with Gasteiger partial charge in [0.25, 0.3) is 0 Å². The van der Waals surface area contributed by atoms with Crippen molar-refractivity contribution in [3.05, 3.63) is 78.6 Å². The molecule has 1 aliphatic heterocycles. The highest BCUT2D eigenvalue weighted by Gasteiger charge is 2.24. The molecule has 1 aliphatic rings. The number of pyridine rings is 1. The number of benzene rings is 2. The summed E-state index contributed by atoms with van der Waals surface area (Å²) < 4.78 is 28.9. The Morgan fingerprint density at radius 1 is 0.971 bits per heavy atom. The topological polar surface area (TPSA) is 86.6 Å². The van der Waals surface area contributed by atoms with Gasteiger partial charge in [-0.25, -0.2) is 22.7 Å². The highest BCUT2D eigenvalue weighted by atomic mass is 32.2. The Labute approximate surface area is 205 Å². The van der Waals surface area contributed by atoms with Crippen LogP contribution in [0.2, 0.25) is 0 Å². The number of aromatic nitrogens is 3. The third kappa shape index (κ3) is 4.65. The van der Waals surface area contributed by atoms with E-state index < -0.39 is 10.0 Å². The van der Waals surface area contributed by atoms with E-state index in [1.165, 1.54) is 4.31 Å². The Balaban J connectivity index is 1.56. The molecule has 1 saturated heterocycles. The lowest BCUT2D eigenvalue weighted by molar-refractivity contribution is 0.242. The fraction of sp³-hybridized carbons (Fsp3) is 0.280. The number of hydrazine groups is 1. The van der Waals surface area contributed by atoms with Crippen molar-refractivity contribution in [3.63, 3.8) is 0 Å². The summed E-state index contributed by atoms with van der Waals surface area (Å²) in [6.45, 7) is 3.86. The Bertz CT molecular complexity index is 1410. The molecule has 0 bridgehead atoms. The monoisotopic (exact) mass is 491 g/mol. The lowest BCUT2D eigenvalue weighted by Crippen LogP contribution is -2.51. The van der Waals surface area contributed by atoms with E-state index in [-0.39, 0.29) is 4.90 Å².